The highest BCUT2D eigenvalue weighted by Crippen LogP contribution is 2.29. The third-order valence-corrected chi connectivity index (χ3v) is 4.63. The Morgan fingerprint density at radius 2 is 2.08 bits per heavy atom. The fraction of sp³-hybridized carbons (Fsp3) is 0.278. The molecule has 1 fully saturated rings. The lowest BCUT2D eigenvalue weighted by Gasteiger charge is -2.39. The van der Waals surface area contributed by atoms with Crippen LogP contribution in [0, 0.1) is 12.7 Å². The van der Waals surface area contributed by atoms with E-state index in [9.17, 15) is 9.18 Å². The standard InChI is InChI=1S/C18H18FN5O/c1-11-15-7-13(8-20-17(15)23(2)22-11)21-18(25)24-9-12(10-24)14-5-3-4-6-16(14)19/h3-8,12H,9-10H2,1-2H3,(H,21,25). The number of anilines is 1. The summed E-state index contributed by atoms with van der Waals surface area (Å²) in [6.45, 7) is 2.92. The molecule has 2 aromatic heterocycles. The molecule has 128 valence electrons. The van der Waals surface area contributed by atoms with Gasteiger partial charge >= 0.3 is 6.03 Å². The van der Waals surface area contributed by atoms with Gasteiger partial charge in [-0.2, -0.15) is 5.10 Å². The molecular formula is C18H18FN5O. The van der Waals surface area contributed by atoms with Crippen molar-refractivity contribution >= 4 is 22.8 Å². The topological polar surface area (TPSA) is 63.1 Å². The number of urea groups is 1. The molecule has 25 heavy (non-hydrogen) atoms. The van der Waals surface area contributed by atoms with E-state index in [0.717, 1.165) is 16.7 Å². The number of pyridine rings is 1. The Morgan fingerprint density at radius 1 is 1.32 bits per heavy atom. The van der Waals surface area contributed by atoms with Crippen molar-refractivity contribution in [1.29, 1.82) is 0 Å². The summed E-state index contributed by atoms with van der Waals surface area (Å²) < 4.78 is 15.5. The van der Waals surface area contributed by atoms with Crippen LogP contribution >= 0.6 is 0 Å². The van der Waals surface area contributed by atoms with Gasteiger partial charge in [0.1, 0.15) is 5.82 Å². The molecule has 0 saturated carbocycles. The number of carbonyl (C=O) groups is 1. The van der Waals surface area contributed by atoms with Crippen LogP contribution < -0.4 is 5.32 Å². The normalized spacial score (nSPS) is 14.6. The van der Waals surface area contributed by atoms with E-state index in [1.807, 2.05) is 26.1 Å². The van der Waals surface area contributed by atoms with Crippen molar-refractivity contribution in [3.8, 4) is 0 Å². The van der Waals surface area contributed by atoms with Crippen LogP contribution in [0.4, 0.5) is 14.9 Å². The van der Waals surface area contributed by atoms with Gasteiger partial charge in [-0.05, 0) is 24.6 Å². The van der Waals surface area contributed by atoms with Crippen LogP contribution in [0.5, 0.6) is 0 Å². The van der Waals surface area contributed by atoms with Crippen LogP contribution in [0.2, 0.25) is 0 Å². The van der Waals surface area contributed by atoms with E-state index in [-0.39, 0.29) is 17.8 Å². The van der Waals surface area contributed by atoms with Crippen molar-refractivity contribution in [2.75, 3.05) is 18.4 Å². The van der Waals surface area contributed by atoms with Crippen molar-refractivity contribution in [1.82, 2.24) is 19.7 Å². The second-order valence-electron chi connectivity index (χ2n) is 6.36. The first-order valence-electron chi connectivity index (χ1n) is 8.12. The molecule has 1 N–H and O–H groups in total. The Labute approximate surface area is 144 Å². The molecule has 6 nitrogen and oxygen atoms in total. The number of halogens is 1. The van der Waals surface area contributed by atoms with E-state index in [1.165, 1.54) is 6.07 Å². The smallest absolute Gasteiger partial charge is 0.321 e. The first kappa shape index (κ1) is 15.6. The SMILES string of the molecule is Cc1nn(C)c2ncc(NC(=O)N3CC(c4ccccc4F)C3)cc12. The molecule has 0 unspecified atom stereocenters. The number of nitrogens with one attached hydrogen (secondary N) is 1. The Hall–Kier alpha value is -2.96. The highest BCUT2D eigenvalue weighted by Gasteiger charge is 2.33. The van der Waals surface area contributed by atoms with Crippen LogP contribution in [-0.4, -0.2) is 38.8 Å². The summed E-state index contributed by atoms with van der Waals surface area (Å²) in [5.74, 6) is -0.164. The number of likely N-dealkylation sites (tertiary alicyclic amines) is 1. The zero-order valence-corrected chi connectivity index (χ0v) is 14.0. The Kier molecular flexibility index (Phi) is 3.63. The molecule has 3 heterocycles. The largest absolute Gasteiger partial charge is 0.323 e. The minimum atomic E-state index is -0.214. The van der Waals surface area contributed by atoms with Gasteiger partial charge in [-0.25, -0.2) is 14.2 Å². The van der Waals surface area contributed by atoms with Crippen LogP contribution in [-0.2, 0) is 7.05 Å². The van der Waals surface area contributed by atoms with E-state index < -0.39 is 0 Å². The first-order chi connectivity index (χ1) is 12.0. The number of benzene rings is 1. The van der Waals surface area contributed by atoms with E-state index in [0.29, 0.717) is 24.3 Å². The zero-order valence-electron chi connectivity index (χ0n) is 14.0. The van der Waals surface area contributed by atoms with Crippen molar-refractivity contribution in [3.05, 3.63) is 53.6 Å². The van der Waals surface area contributed by atoms with Gasteiger partial charge in [0.25, 0.3) is 0 Å². The Bertz CT molecular complexity index is 961. The predicted octanol–water partition coefficient (Wildman–Crippen LogP) is 3.05. The molecule has 1 aliphatic heterocycles. The molecule has 0 bridgehead atoms. The maximum absolute atomic E-state index is 13.8. The maximum atomic E-state index is 13.8. The lowest BCUT2D eigenvalue weighted by atomic mass is 9.91. The summed E-state index contributed by atoms with van der Waals surface area (Å²) in [6.07, 6.45) is 1.62. The number of hydrogen-bond acceptors (Lipinski definition) is 3. The van der Waals surface area contributed by atoms with E-state index in [2.05, 4.69) is 15.4 Å². The summed E-state index contributed by atoms with van der Waals surface area (Å²) in [4.78, 5) is 18.4. The number of aryl methyl sites for hydroxylation is 2. The Balaban J connectivity index is 1.43. The molecule has 2 amide bonds. The number of aromatic nitrogens is 3. The molecule has 3 aromatic rings. The molecule has 7 heteroatoms. The lowest BCUT2D eigenvalue weighted by Crippen LogP contribution is -2.50. The number of hydrogen-bond donors (Lipinski definition) is 1. The van der Waals surface area contributed by atoms with Gasteiger partial charge in [0.2, 0.25) is 0 Å². The van der Waals surface area contributed by atoms with Crippen molar-refractivity contribution in [2.24, 2.45) is 7.05 Å². The molecule has 0 radical (unpaired) electrons. The number of rotatable bonds is 2. The third-order valence-electron chi connectivity index (χ3n) is 4.63. The minimum absolute atomic E-state index is 0.0492. The second kappa shape index (κ2) is 5.84. The highest BCUT2D eigenvalue weighted by atomic mass is 19.1. The molecule has 1 aromatic carbocycles. The first-order valence-corrected chi connectivity index (χ1v) is 8.12. The summed E-state index contributed by atoms with van der Waals surface area (Å²) in [5.41, 5.74) is 2.94. The fourth-order valence-electron chi connectivity index (χ4n) is 3.23. The van der Waals surface area contributed by atoms with E-state index in [4.69, 9.17) is 0 Å². The average Bonchev–Trinajstić information content (AvgIpc) is 2.82. The van der Waals surface area contributed by atoms with Gasteiger partial charge in [-0.3, -0.25) is 4.68 Å². The highest BCUT2D eigenvalue weighted by molar-refractivity contribution is 5.92. The van der Waals surface area contributed by atoms with Gasteiger partial charge in [-0.1, -0.05) is 18.2 Å². The second-order valence-corrected chi connectivity index (χ2v) is 6.36. The van der Waals surface area contributed by atoms with E-state index in [1.54, 1.807) is 27.9 Å². The molecular weight excluding hydrogens is 321 g/mol. The van der Waals surface area contributed by atoms with Crippen LogP contribution in [0.25, 0.3) is 11.0 Å². The predicted molar refractivity (Wildman–Crippen MR) is 93.0 cm³/mol. The van der Waals surface area contributed by atoms with Gasteiger partial charge in [0.05, 0.1) is 17.6 Å². The monoisotopic (exact) mass is 339 g/mol. The molecule has 1 aliphatic rings. The summed E-state index contributed by atoms with van der Waals surface area (Å²) in [7, 11) is 1.84. The average molecular weight is 339 g/mol. The zero-order chi connectivity index (χ0) is 17.6. The molecule has 0 atom stereocenters. The van der Waals surface area contributed by atoms with Gasteiger partial charge in [-0.15, -0.1) is 0 Å². The van der Waals surface area contributed by atoms with Crippen LogP contribution in [0.1, 0.15) is 17.2 Å². The molecule has 1 saturated heterocycles. The summed E-state index contributed by atoms with van der Waals surface area (Å²) in [5, 5.41) is 8.08. The van der Waals surface area contributed by atoms with Gasteiger partial charge < -0.3 is 10.2 Å². The summed E-state index contributed by atoms with van der Waals surface area (Å²) >= 11 is 0. The van der Waals surface area contributed by atoms with Crippen molar-refractivity contribution in [2.45, 2.75) is 12.8 Å². The Morgan fingerprint density at radius 3 is 2.84 bits per heavy atom. The van der Waals surface area contributed by atoms with Crippen LogP contribution in [0.3, 0.4) is 0 Å². The van der Waals surface area contributed by atoms with Crippen molar-refractivity contribution < 1.29 is 9.18 Å². The number of carbonyl (C=O) groups excluding carboxylic acids is 1. The van der Waals surface area contributed by atoms with Gasteiger partial charge in [0, 0.05) is 31.4 Å². The number of fused-ring (bicyclic) bond motifs is 1. The minimum Gasteiger partial charge on any atom is -0.323 e. The number of amides is 2. The molecule has 0 aliphatic carbocycles. The third kappa shape index (κ3) is 2.71. The molecule has 4 rings (SSSR count). The van der Waals surface area contributed by atoms with Crippen molar-refractivity contribution in [3.63, 3.8) is 0 Å². The maximum Gasteiger partial charge on any atom is 0.321 e. The lowest BCUT2D eigenvalue weighted by molar-refractivity contribution is 0.162. The summed E-state index contributed by atoms with van der Waals surface area (Å²) in [6, 6.07) is 8.39. The molecule has 0 spiro atoms. The fourth-order valence-corrected chi connectivity index (χ4v) is 3.23. The quantitative estimate of drug-likeness (QED) is 0.780. The van der Waals surface area contributed by atoms with Crippen LogP contribution in [0.15, 0.2) is 36.5 Å². The van der Waals surface area contributed by atoms with E-state index >= 15 is 0 Å². The van der Waals surface area contributed by atoms with Gasteiger partial charge in [0.15, 0.2) is 5.65 Å². The number of nitrogens with zero attached hydrogens (tertiary/aromatic N) is 4.